The number of aromatic nitrogens is 4. The van der Waals surface area contributed by atoms with Crippen molar-refractivity contribution in [1.29, 1.82) is 0 Å². The summed E-state index contributed by atoms with van der Waals surface area (Å²) in [5.74, 6) is 1.93. The summed E-state index contributed by atoms with van der Waals surface area (Å²) in [6, 6.07) is 7.70. The molecule has 0 unspecified atom stereocenters. The molecule has 7 nitrogen and oxygen atoms in total. The fourth-order valence-corrected chi connectivity index (χ4v) is 4.43. The second kappa shape index (κ2) is 6.87. The first-order valence-electron chi connectivity index (χ1n) is 9.44. The minimum atomic E-state index is 0.0637. The molecule has 0 saturated carbocycles. The van der Waals surface area contributed by atoms with Gasteiger partial charge in [-0.25, -0.2) is 15.0 Å². The van der Waals surface area contributed by atoms with Crippen LogP contribution in [-0.2, 0) is 6.42 Å². The molecular weight excluding hydrogens is 372 g/mol. The summed E-state index contributed by atoms with van der Waals surface area (Å²) in [6.07, 6.45) is 2.46. The van der Waals surface area contributed by atoms with Gasteiger partial charge in [-0.1, -0.05) is 6.92 Å². The van der Waals surface area contributed by atoms with E-state index in [4.69, 9.17) is 4.98 Å². The quantitative estimate of drug-likeness (QED) is 0.580. The minimum absolute atomic E-state index is 0.0637. The number of hydrogen-bond donors (Lipinski definition) is 1. The smallest absolute Gasteiger partial charge is 0.254 e. The number of fused-ring (bicyclic) bond motifs is 2. The molecule has 4 heterocycles. The van der Waals surface area contributed by atoms with E-state index in [1.54, 1.807) is 17.7 Å². The van der Waals surface area contributed by atoms with Gasteiger partial charge in [-0.2, -0.15) is 0 Å². The Kier molecular flexibility index (Phi) is 4.20. The van der Waals surface area contributed by atoms with E-state index in [1.165, 1.54) is 0 Å². The summed E-state index contributed by atoms with van der Waals surface area (Å²) >= 11 is 1.65. The molecule has 3 aromatic heterocycles. The van der Waals surface area contributed by atoms with Gasteiger partial charge in [-0.3, -0.25) is 4.79 Å². The Morgan fingerprint density at radius 2 is 2.04 bits per heavy atom. The number of carbonyl (C=O) groups excluding carboxylic acids is 1. The fourth-order valence-electron chi connectivity index (χ4n) is 3.65. The number of benzene rings is 1. The van der Waals surface area contributed by atoms with Crippen LogP contribution in [-0.4, -0.2) is 56.9 Å². The summed E-state index contributed by atoms with van der Waals surface area (Å²) in [4.78, 5) is 34.8. The number of nitrogens with one attached hydrogen (secondary N) is 1. The Bertz CT molecular complexity index is 1160. The van der Waals surface area contributed by atoms with E-state index in [0.717, 1.165) is 52.4 Å². The first-order chi connectivity index (χ1) is 13.7. The molecule has 0 atom stereocenters. The maximum absolute atomic E-state index is 12.9. The molecule has 142 valence electrons. The molecule has 1 aromatic carbocycles. The summed E-state index contributed by atoms with van der Waals surface area (Å²) < 4.78 is 0. The van der Waals surface area contributed by atoms with Crippen LogP contribution in [0.5, 0.6) is 0 Å². The van der Waals surface area contributed by atoms with Crippen LogP contribution in [0.1, 0.15) is 23.1 Å². The molecule has 1 fully saturated rings. The zero-order valence-electron chi connectivity index (χ0n) is 15.6. The number of H-pyrrole nitrogens is 1. The van der Waals surface area contributed by atoms with Gasteiger partial charge in [0.1, 0.15) is 16.5 Å². The number of imidazole rings is 1. The van der Waals surface area contributed by atoms with Gasteiger partial charge in [-0.05, 0) is 29.6 Å². The van der Waals surface area contributed by atoms with Gasteiger partial charge < -0.3 is 14.8 Å². The van der Waals surface area contributed by atoms with E-state index in [1.807, 2.05) is 23.1 Å². The van der Waals surface area contributed by atoms with Gasteiger partial charge >= 0.3 is 0 Å². The van der Waals surface area contributed by atoms with Gasteiger partial charge in [0, 0.05) is 38.2 Å². The van der Waals surface area contributed by atoms with Crippen LogP contribution in [0.2, 0.25) is 0 Å². The summed E-state index contributed by atoms with van der Waals surface area (Å²) in [7, 11) is 0. The Labute approximate surface area is 166 Å². The number of carbonyl (C=O) groups is 1. The van der Waals surface area contributed by atoms with Crippen molar-refractivity contribution in [2.24, 2.45) is 0 Å². The molecule has 0 bridgehead atoms. The van der Waals surface area contributed by atoms with E-state index in [9.17, 15) is 4.79 Å². The SMILES string of the molecule is CCc1nc(N2CCN(C(=O)c3ccc4nc[nH]c4c3)CC2)c2ccsc2n1. The van der Waals surface area contributed by atoms with Crippen molar-refractivity contribution in [3.05, 3.63) is 47.4 Å². The number of aromatic amines is 1. The molecule has 1 aliphatic rings. The first-order valence-corrected chi connectivity index (χ1v) is 10.3. The van der Waals surface area contributed by atoms with Crippen LogP contribution in [0, 0.1) is 0 Å². The second-order valence-electron chi connectivity index (χ2n) is 6.87. The lowest BCUT2D eigenvalue weighted by Gasteiger charge is -2.35. The Morgan fingerprint density at radius 3 is 2.86 bits per heavy atom. The third-order valence-corrected chi connectivity index (χ3v) is 6.01. The Hall–Kier alpha value is -3.00. The number of thiophene rings is 1. The average Bonchev–Trinajstić information content (AvgIpc) is 3.41. The molecule has 8 heteroatoms. The van der Waals surface area contributed by atoms with Crippen molar-refractivity contribution in [2.45, 2.75) is 13.3 Å². The third-order valence-electron chi connectivity index (χ3n) is 5.20. The molecule has 0 aliphatic carbocycles. The maximum atomic E-state index is 12.9. The predicted octanol–water partition coefficient (Wildman–Crippen LogP) is 3.09. The Balaban J connectivity index is 1.35. The third kappa shape index (κ3) is 2.90. The van der Waals surface area contributed by atoms with Crippen LogP contribution in [0.15, 0.2) is 36.0 Å². The van der Waals surface area contributed by atoms with E-state index in [-0.39, 0.29) is 5.91 Å². The van der Waals surface area contributed by atoms with Gasteiger partial charge in [-0.15, -0.1) is 11.3 Å². The summed E-state index contributed by atoms with van der Waals surface area (Å²) in [6.45, 7) is 4.96. The van der Waals surface area contributed by atoms with E-state index < -0.39 is 0 Å². The largest absolute Gasteiger partial charge is 0.352 e. The predicted molar refractivity (Wildman–Crippen MR) is 111 cm³/mol. The van der Waals surface area contributed by atoms with Gasteiger partial charge in [0.15, 0.2) is 0 Å². The van der Waals surface area contributed by atoms with Gasteiger partial charge in [0.05, 0.1) is 22.7 Å². The highest BCUT2D eigenvalue weighted by atomic mass is 32.1. The number of rotatable bonds is 3. The highest BCUT2D eigenvalue weighted by Gasteiger charge is 2.25. The van der Waals surface area contributed by atoms with Crippen molar-refractivity contribution >= 4 is 44.3 Å². The first kappa shape index (κ1) is 17.1. The lowest BCUT2D eigenvalue weighted by atomic mass is 10.1. The summed E-state index contributed by atoms with van der Waals surface area (Å²) in [5.41, 5.74) is 2.45. The van der Waals surface area contributed by atoms with Crippen LogP contribution in [0.4, 0.5) is 5.82 Å². The van der Waals surface area contributed by atoms with Crippen LogP contribution in [0.25, 0.3) is 21.3 Å². The van der Waals surface area contributed by atoms with Gasteiger partial charge in [0.2, 0.25) is 0 Å². The lowest BCUT2D eigenvalue weighted by Crippen LogP contribution is -2.49. The van der Waals surface area contributed by atoms with Crippen LogP contribution >= 0.6 is 11.3 Å². The number of nitrogens with zero attached hydrogens (tertiary/aromatic N) is 5. The second-order valence-corrected chi connectivity index (χ2v) is 7.76. The topological polar surface area (TPSA) is 78.0 Å². The number of hydrogen-bond acceptors (Lipinski definition) is 6. The molecule has 1 aliphatic heterocycles. The van der Waals surface area contributed by atoms with Crippen molar-refractivity contribution in [1.82, 2.24) is 24.8 Å². The van der Waals surface area contributed by atoms with Crippen molar-refractivity contribution in [3.8, 4) is 0 Å². The van der Waals surface area contributed by atoms with Crippen molar-refractivity contribution < 1.29 is 4.79 Å². The molecule has 1 amide bonds. The zero-order valence-corrected chi connectivity index (χ0v) is 16.4. The zero-order chi connectivity index (χ0) is 19.1. The molecule has 0 radical (unpaired) electrons. The highest BCUT2D eigenvalue weighted by Crippen LogP contribution is 2.29. The fraction of sp³-hybridized carbons (Fsp3) is 0.300. The van der Waals surface area contributed by atoms with E-state index in [0.29, 0.717) is 18.7 Å². The maximum Gasteiger partial charge on any atom is 0.254 e. The molecule has 28 heavy (non-hydrogen) atoms. The number of amides is 1. The average molecular weight is 392 g/mol. The molecule has 4 aromatic rings. The standard InChI is InChI=1S/C20H20N6OS/c1-2-17-23-18(14-5-10-28-19(14)24-17)25-6-8-26(9-7-25)20(27)13-3-4-15-16(11-13)22-12-21-15/h3-5,10-12H,2,6-9H2,1H3,(H,21,22). The van der Waals surface area contributed by atoms with Crippen LogP contribution in [0.3, 0.4) is 0 Å². The lowest BCUT2D eigenvalue weighted by molar-refractivity contribution is 0.0746. The monoisotopic (exact) mass is 392 g/mol. The van der Waals surface area contributed by atoms with Crippen LogP contribution < -0.4 is 4.90 Å². The number of piperazine rings is 1. The van der Waals surface area contributed by atoms with E-state index >= 15 is 0 Å². The molecular formula is C20H20N6OS. The highest BCUT2D eigenvalue weighted by molar-refractivity contribution is 7.16. The number of aryl methyl sites for hydroxylation is 1. The summed E-state index contributed by atoms with van der Waals surface area (Å²) in [5, 5.41) is 3.17. The molecule has 1 N–H and O–H groups in total. The Morgan fingerprint density at radius 1 is 1.18 bits per heavy atom. The normalized spacial score (nSPS) is 14.9. The molecule has 0 spiro atoms. The van der Waals surface area contributed by atoms with Gasteiger partial charge in [0.25, 0.3) is 5.91 Å². The van der Waals surface area contributed by atoms with Crippen molar-refractivity contribution in [2.75, 3.05) is 31.1 Å². The van der Waals surface area contributed by atoms with Crippen molar-refractivity contribution in [3.63, 3.8) is 0 Å². The van der Waals surface area contributed by atoms with E-state index in [2.05, 4.69) is 38.2 Å². The minimum Gasteiger partial charge on any atom is -0.352 e. The number of anilines is 1. The molecule has 5 rings (SSSR count). The molecule has 1 saturated heterocycles.